The molecule has 5 N–H and O–H groups in total. The molecular weight excluding hydrogens is 576 g/mol. The fourth-order valence-corrected chi connectivity index (χ4v) is 4.89. The summed E-state index contributed by atoms with van der Waals surface area (Å²) in [6.45, 7) is 6.79. The van der Waals surface area contributed by atoms with Crippen molar-refractivity contribution in [3.8, 4) is 11.1 Å². The second-order valence-electron chi connectivity index (χ2n) is 11.6. The van der Waals surface area contributed by atoms with Crippen LogP contribution >= 0.6 is 0 Å². The number of benzene rings is 3. The van der Waals surface area contributed by atoms with Crippen molar-refractivity contribution in [1.82, 2.24) is 26.8 Å². The molecule has 0 saturated carbocycles. The number of anilines is 1. The molecule has 1 aliphatic carbocycles. The molecule has 236 valence electrons. The molecule has 12 nitrogen and oxygen atoms in total. The number of carbonyl (C=O) groups excluding carboxylic acids is 5. The molecule has 45 heavy (non-hydrogen) atoms. The lowest BCUT2D eigenvalue weighted by Crippen LogP contribution is -2.57. The van der Waals surface area contributed by atoms with Crippen LogP contribution in [0.5, 0.6) is 0 Å². The van der Waals surface area contributed by atoms with Crippen LogP contribution in [0, 0.1) is 0 Å². The van der Waals surface area contributed by atoms with Gasteiger partial charge < -0.3 is 20.7 Å². The van der Waals surface area contributed by atoms with Crippen molar-refractivity contribution < 1.29 is 28.7 Å². The van der Waals surface area contributed by atoms with Crippen LogP contribution in [0.3, 0.4) is 0 Å². The highest BCUT2D eigenvalue weighted by Crippen LogP contribution is 2.44. The summed E-state index contributed by atoms with van der Waals surface area (Å²) in [6.07, 6.45) is -0.626. The Kier molecular flexibility index (Phi) is 10.4. The van der Waals surface area contributed by atoms with Gasteiger partial charge in [-0.15, -0.1) is 0 Å². The van der Waals surface area contributed by atoms with E-state index >= 15 is 0 Å². The van der Waals surface area contributed by atoms with E-state index in [0.717, 1.165) is 22.3 Å². The van der Waals surface area contributed by atoms with Gasteiger partial charge in [0.1, 0.15) is 12.6 Å². The van der Waals surface area contributed by atoms with Crippen molar-refractivity contribution >= 4 is 35.5 Å². The highest BCUT2D eigenvalue weighted by Gasteiger charge is 2.29. The predicted molar refractivity (Wildman–Crippen MR) is 169 cm³/mol. The molecule has 1 aliphatic rings. The quantitative estimate of drug-likeness (QED) is 0.194. The second kappa shape index (κ2) is 14.4. The number of hydrogen-bond donors (Lipinski definition) is 5. The van der Waals surface area contributed by atoms with E-state index in [1.165, 1.54) is 11.8 Å². The molecule has 0 aromatic heterocycles. The SMILES string of the molecule is C[C@H](NC(=O)C(=O)NC(C)(C)C)C(=O)NNC(=O)N(CCNC(=O)OCC1c2ccccc2-c2ccccc21)c1ccccc1. The minimum Gasteiger partial charge on any atom is -0.449 e. The molecule has 3 aromatic rings. The van der Waals surface area contributed by atoms with Crippen molar-refractivity contribution in [3.05, 3.63) is 90.0 Å². The Bertz CT molecular complexity index is 1510. The van der Waals surface area contributed by atoms with Crippen molar-refractivity contribution in [2.75, 3.05) is 24.6 Å². The first kappa shape index (κ1) is 32.5. The normalized spacial score (nSPS) is 12.5. The van der Waals surface area contributed by atoms with Gasteiger partial charge in [0.05, 0.1) is 0 Å². The van der Waals surface area contributed by atoms with E-state index in [1.807, 2.05) is 36.4 Å². The molecule has 0 saturated heterocycles. The van der Waals surface area contributed by atoms with Gasteiger partial charge in [0.15, 0.2) is 0 Å². The number of nitrogens with zero attached hydrogens (tertiary/aromatic N) is 1. The Morgan fingerprint density at radius 2 is 1.38 bits per heavy atom. The zero-order valence-electron chi connectivity index (χ0n) is 25.7. The Morgan fingerprint density at radius 3 is 1.98 bits per heavy atom. The van der Waals surface area contributed by atoms with Gasteiger partial charge in [-0.05, 0) is 62.1 Å². The van der Waals surface area contributed by atoms with Crippen LogP contribution in [0.25, 0.3) is 11.1 Å². The van der Waals surface area contributed by atoms with Gasteiger partial charge >= 0.3 is 23.9 Å². The van der Waals surface area contributed by atoms with E-state index < -0.39 is 41.4 Å². The molecule has 0 spiro atoms. The van der Waals surface area contributed by atoms with Crippen LogP contribution in [0.4, 0.5) is 15.3 Å². The number of amides is 6. The Balaban J connectivity index is 1.28. The monoisotopic (exact) mass is 614 g/mol. The molecule has 0 unspecified atom stereocenters. The summed E-state index contributed by atoms with van der Waals surface area (Å²) < 4.78 is 5.58. The van der Waals surface area contributed by atoms with Crippen LogP contribution in [-0.4, -0.2) is 61.1 Å². The number of fused-ring (bicyclic) bond motifs is 3. The highest BCUT2D eigenvalue weighted by atomic mass is 16.5. The summed E-state index contributed by atoms with van der Waals surface area (Å²) in [7, 11) is 0. The predicted octanol–water partition coefficient (Wildman–Crippen LogP) is 3.19. The first-order valence-corrected chi connectivity index (χ1v) is 14.6. The van der Waals surface area contributed by atoms with Crippen molar-refractivity contribution in [3.63, 3.8) is 0 Å². The average Bonchev–Trinajstić information content (AvgIpc) is 3.33. The third-order valence-corrected chi connectivity index (χ3v) is 6.99. The van der Waals surface area contributed by atoms with E-state index in [4.69, 9.17) is 4.74 Å². The first-order valence-electron chi connectivity index (χ1n) is 14.6. The standard InChI is InChI=1S/C33H38N6O6/c1-21(35-29(41)30(42)36-33(2,3)4)28(40)37-38-31(43)39(22-12-6-5-7-13-22)19-18-34-32(44)45-20-27-25-16-10-8-14-23(25)24-15-9-11-17-26(24)27/h5-17,21,27H,18-20H2,1-4H3,(H,34,44)(H,35,41)(H,36,42)(H,37,40)(H,38,43)/t21-/m0/s1. The zero-order valence-corrected chi connectivity index (χ0v) is 25.7. The average molecular weight is 615 g/mol. The van der Waals surface area contributed by atoms with Crippen molar-refractivity contribution in [1.29, 1.82) is 0 Å². The molecule has 6 amide bonds. The zero-order chi connectivity index (χ0) is 32.6. The third-order valence-electron chi connectivity index (χ3n) is 6.99. The Morgan fingerprint density at radius 1 is 0.800 bits per heavy atom. The van der Waals surface area contributed by atoms with E-state index in [-0.39, 0.29) is 25.6 Å². The summed E-state index contributed by atoms with van der Waals surface area (Å²) in [5.74, 6) is -2.70. The molecule has 4 rings (SSSR count). The van der Waals surface area contributed by atoms with Crippen LogP contribution in [0.2, 0.25) is 0 Å². The van der Waals surface area contributed by atoms with Crippen molar-refractivity contribution in [2.45, 2.75) is 45.2 Å². The molecule has 0 fully saturated rings. The van der Waals surface area contributed by atoms with Crippen LogP contribution in [-0.2, 0) is 19.1 Å². The number of hydrogen-bond acceptors (Lipinski definition) is 6. The number of urea groups is 1. The highest BCUT2D eigenvalue weighted by molar-refractivity contribution is 6.35. The van der Waals surface area contributed by atoms with Gasteiger partial charge in [-0.25, -0.2) is 15.0 Å². The van der Waals surface area contributed by atoms with Gasteiger partial charge in [0.25, 0.3) is 5.91 Å². The number of alkyl carbamates (subject to hydrolysis) is 1. The Labute approximate surface area is 261 Å². The fourth-order valence-electron chi connectivity index (χ4n) is 4.89. The first-order chi connectivity index (χ1) is 21.4. The second-order valence-corrected chi connectivity index (χ2v) is 11.6. The number of rotatable bonds is 8. The minimum atomic E-state index is -1.12. The van der Waals surface area contributed by atoms with Crippen LogP contribution in [0.1, 0.15) is 44.7 Å². The molecule has 1 atom stereocenters. The number of ether oxygens (including phenoxy) is 1. The van der Waals surface area contributed by atoms with Gasteiger partial charge in [-0.2, -0.15) is 0 Å². The molecule has 0 bridgehead atoms. The maximum Gasteiger partial charge on any atom is 0.407 e. The largest absolute Gasteiger partial charge is 0.449 e. The Hall–Kier alpha value is -5.39. The minimum absolute atomic E-state index is 0.0508. The molecule has 3 aromatic carbocycles. The maximum atomic E-state index is 13.1. The number of nitrogens with one attached hydrogen (secondary N) is 5. The van der Waals surface area contributed by atoms with E-state index in [9.17, 15) is 24.0 Å². The topological polar surface area (TPSA) is 158 Å². The summed E-state index contributed by atoms with van der Waals surface area (Å²) in [6, 6.07) is 23.0. The molecule has 0 aliphatic heterocycles. The van der Waals surface area contributed by atoms with Gasteiger partial charge in [-0.3, -0.25) is 24.7 Å². The summed E-state index contributed by atoms with van der Waals surface area (Å²) >= 11 is 0. The third kappa shape index (κ3) is 8.59. The lowest BCUT2D eigenvalue weighted by atomic mass is 9.98. The van der Waals surface area contributed by atoms with E-state index in [0.29, 0.717) is 5.69 Å². The molecular formula is C33H38N6O6. The van der Waals surface area contributed by atoms with E-state index in [2.05, 4.69) is 38.9 Å². The van der Waals surface area contributed by atoms with Gasteiger partial charge in [-0.1, -0.05) is 66.7 Å². The van der Waals surface area contributed by atoms with Gasteiger partial charge in [0, 0.05) is 30.2 Å². The molecule has 12 heteroatoms. The summed E-state index contributed by atoms with van der Waals surface area (Å²) in [5.41, 5.74) is 8.90. The molecule has 0 heterocycles. The number of hydrazine groups is 1. The lowest BCUT2D eigenvalue weighted by molar-refractivity contribution is -0.141. The maximum absolute atomic E-state index is 13.1. The van der Waals surface area contributed by atoms with Crippen molar-refractivity contribution in [2.24, 2.45) is 0 Å². The molecule has 0 radical (unpaired) electrons. The van der Waals surface area contributed by atoms with Gasteiger partial charge in [0.2, 0.25) is 0 Å². The summed E-state index contributed by atoms with van der Waals surface area (Å²) in [4.78, 5) is 63.7. The smallest absolute Gasteiger partial charge is 0.407 e. The number of para-hydroxylation sites is 1. The van der Waals surface area contributed by atoms with Crippen LogP contribution < -0.4 is 31.7 Å². The number of carbonyl (C=O) groups is 5. The fraction of sp³-hybridized carbons (Fsp3) is 0.303. The van der Waals surface area contributed by atoms with Crippen LogP contribution in [0.15, 0.2) is 78.9 Å². The van der Waals surface area contributed by atoms with E-state index in [1.54, 1.807) is 51.1 Å². The lowest BCUT2D eigenvalue weighted by Gasteiger charge is -2.24. The summed E-state index contributed by atoms with van der Waals surface area (Å²) in [5, 5.41) is 7.48.